The lowest BCUT2D eigenvalue weighted by atomic mass is 9.84. The average Bonchev–Trinajstić information content (AvgIpc) is 3.04. The van der Waals surface area contributed by atoms with E-state index in [-0.39, 0.29) is 5.56 Å². The lowest BCUT2D eigenvalue weighted by molar-refractivity contribution is 0.0460. The third-order valence-electron chi connectivity index (χ3n) is 4.80. The summed E-state index contributed by atoms with van der Waals surface area (Å²) in [6.45, 7) is 1.54. The number of alkyl carbamates (subject to hydrolysis) is 1. The molecule has 2 unspecified atom stereocenters. The lowest BCUT2D eigenvalue weighted by Gasteiger charge is -2.29. The van der Waals surface area contributed by atoms with Crippen molar-refractivity contribution in [3.63, 3.8) is 0 Å². The van der Waals surface area contributed by atoms with E-state index < -0.39 is 29.4 Å². The van der Waals surface area contributed by atoms with E-state index in [4.69, 9.17) is 4.74 Å². The highest BCUT2D eigenvalue weighted by molar-refractivity contribution is 5.72. The predicted octanol–water partition coefficient (Wildman–Crippen LogP) is 4.46. The van der Waals surface area contributed by atoms with Gasteiger partial charge in [0.2, 0.25) is 0 Å². The zero-order chi connectivity index (χ0) is 20.4. The number of hydrogen-bond acceptors (Lipinski definition) is 3. The Morgan fingerprint density at radius 3 is 2.59 bits per heavy atom. The fourth-order valence-electron chi connectivity index (χ4n) is 3.38. The van der Waals surface area contributed by atoms with E-state index >= 15 is 0 Å². The summed E-state index contributed by atoms with van der Waals surface area (Å²) in [5, 5.41) is 2.67. The number of hydrogen-bond donors (Lipinski definition) is 1. The molecule has 0 spiro atoms. The van der Waals surface area contributed by atoms with Crippen LogP contribution >= 0.6 is 0 Å². The molecule has 2 atom stereocenters. The van der Waals surface area contributed by atoms with Crippen LogP contribution in [0.5, 0.6) is 0 Å². The molecule has 1 N–H and O–H groups in total. The molecule has 6 heteroatoms. The van der Waals surface area contributed by atoms with Gasteiger partial charge >= 0.3 is 6.09 Å². The number of amides is 1. The van der Waals surface area contributed by atoms with Crippen molar-refractivity contribution >= 4 is 6.09 Å². The minimum Gasteiger partial charge on any atom is -0.436 e. The van der Waals surface area contributed by atoms with Crippen LogP contribution in [0.25, 0.3) is 0 Å². The molecule has 1 fully saturated rings. The molecule has 0 aliphatic carbocycles. The lowest BCUT2D eigenvalue weighted by Crippen LogP contribution is -2.32. The van der Waals surface area contributed by atoms with Gasteiger partial charge in [-0.25, -0.2) is 13.6 Å². The Bertz CT molecular complexity index is 1140. The Labute approximate surface area is 166 Å². The molecule has 1 aliphatic rings. The minimum atomic E-state index is -1.45. The summed E-state index contributed by atoms with van der Waals surface area (Å²) in [7, 11) is 0. The van der Waals surface area contributed by atoms with E-state index in [9.17, 15) is 13.6 Å². The number of rotatable bonds is 2. The Morgan fingerprint density at radius 2 is 1.79 bits per heavy atom. The quantitative estimate of drug-likeness (QED) is 0.658. The molecule has 0 saturated carbocycles. The number of cyclic esters (lactones) is 1. The van der Waals surface area contributed by atoms with E-state index in [2.05, 4.69) is 22.1 Å². The van der Waals surface area contributed by atoms with Crippen molar-refractivity contribution in [2.24, 2.45) is 0 Å². The fourth-order valence-corrected chi connectivity index (χ4v) is 3.38. The first-order valence-electron chi connectivity index (χ1n) is 8.93. The number of ether oxygens (including phenoxy) is 1. The number of carbonyl (C=O) groups is 1. The molecular weight excluding hydrogens is 374 g/mol. The highest BCUT2D eigenvalue weighted by atomic mass is 19.1. The monoisotopic (exact) mass is 390 g/mol. The molecule has 29 heavy (non-hydrogen) atoms. The van der Waals surface area contributed by atoms with Crippen LogP contribution in [-0.4, -0.2) is 11.1 Å². The third kappa shape index (κ3) is 3.67. The Balaban J connectivity index is 1.73. The van der Waals surface area contributed by atoms with Crippen molar-refractivity contribution in [3.05, 3.63) is 101 Å². The molecule has 3 aromatic rings. The molecule has 1 amide bonds. The molecule has 2 heterocycles. The van der Waals surface area contributed by atoms with Gasteiger partial charge in [-0.15, -0.1) is 0 Å². The first-order valence-corrected chi connectivity index (χ1v) is 8.93. The maximum absolute atomic E-state index is 14.4. The predicted molar refractivity (Wildman–Crippen MR) is 103 cm³/mol. The number of aromatic nitrogens is 1. The van der Waals surface area contributed by atoms with E-state index in [0.717, 1.165) is 23.8 Å². The van der Waals surface area contributed by atoms with Gasteiger partial charge in [-0.2, -0.15) is 0 Å². The van der Waals surface area contributed by atoms with Crippen molar-refractivity contribution in [3.8, 4) is 11.8 Å². The second-order valence-electron chi connectivity index (χ2n) is 6.82. The molecule has 1 aliphatic heterocycles. The molecule has 0 radical (unpaired) electrons. The number of pyridine rings is 1. The summed E-state index contributed by atoms with van der Waals surface area (Å²) in [6.07, 6.45) is 2.42. The first-order chi connectivity index (χ1) is 14.0. The van der Waals surface area contributed by atoms with Gasteiger partial charge in [0.1, 0.15) is 17.7 Å². The molecule has 1 saturated heterocycles. The zero-order valence-electron chi connectivity index (χ0n) is 15.4. The van der Waals surface area contributed by atoms with E-state index in [1.54, 1.807) is 18.5 Å². The largest absolute Gasteiger partial charge is 0.436 e. The third-order valence-corrected chi connectivity index (χ3v) is 4.80. The zero-order valence-corrected chi connectivity index (χ0v) is 15.4. The van der Waals surface area contributed by atoms with Gasteiger partial charge in [0, 0.05) is 29.1 Å². The van der Waals surface area contributed by atoms with Gasteiger partial charge in [-0.3, -0.25) is 4.98 Å². The molecule has 144 valence electrons. The minimum absolute atomic E-state index is 0.0541. The maximum Gasteiger partial charge on any atom is 0.408 e. The summed E-state index contributed by atoms with van der Waals surface area (Å²) in [6, 6.07) is 13.5. The van der Waals surface area contributed by atoms with Gasteiger partial charge in [-0.05, 0) is 48.9 Å². The highest BCUT2D eigenvalue weighted by Crippen LogP contribution is 2.43. The van der Waals surface area contributed by atoms with Gasteiger partial charge in [0.15, 0.2) is 5.60 Å². The summed E-state index contributed by atoms with van der Waals surface area (Å²) < 4.78 is 33.6. The van der Waals surface area contributed by atoms with Crippen LogP contribution < -0.4 is 5.32 Å². The number of benzene rings is 2. The Hall–Kier alpha value is -3.72. The van der Waals surface area contributed by atoms with Crippen LogP contribution in [0.2, 0.25) is 0 Å². The van der Waals surface area contributed by atoms with Crippen LogP contribution in [0.15, 0.2) is 67.0 Å². The molecule has 1 aromatic heterocycles. The summed E-state index contributed by atoms with van der Waals surface area (Å²) >= 11 is 0. The standard InChI is InChI=1S/C23H16F2N2O2/c1-23(19-12-18(24)9-10-20(19)25)21(27-22(28)29-23)17-11-16(13-26-14-17)8-7-15-5-3-2-4-6-15/h2-6,9-14,21H,1H3,(H,27,28). The normalized spacial score (nSPS) is 20.4. The first kappa shape index (κ1) is 18.6. The van der Waals surface area contributed by atoms with Gasteiger partial charge < -0.3 is 10.1 Å². The molecule has 4 rings (SSSR count). The molecular formula is C23H16F2N2O2. The topological polar surface area (TPSA) is 51.2 Å². The van der Waals surface area contributed by atoms with E-state index in [1.807, 2.05) is 30.3 Å². The number of nitrogens with zero attached hydrogens (tertiary/aromatic N) is 1. The fraction of sp³-hybridized carbons (Fsp3) is 0.130. The number of halogens is 2. The van der Waals surface area contributed by atoms with Crippen LogP contribution in [0.3, 0.4) is 0 Å². The second kappa shape index (κ2) is 7.36. The summed E-state index contributed by atoms with van der Waals surface area (Å²) in [5.41, 5.74) is 0.538. The van der Waals surface area contributed by atoms with Crippen LogP contribution in [0.4, 0.5) is 13.6 Å². The van der Waals surface area contributed by atoms with Gasteiger partial charge in [0.05, 0.1) is 0 Å². The SMILES string of the molecule is CC1(c2cc(F)ccc2F)OC(=O)NC1c1cncc(C#Cc2ccccc2)c1. The highest BCUT2D eigenvalue weighted by Gasteiger charge is 2.49. The van der Waals surface area contributed by atoms with Gasteiger partial charge in [-0.1, -0.05) is 30.0 Å². The van der Waals surface area contributed by atoms with Crippen molar-refractivity contribution in [1.29, 1.82) is 0 Å². The molecule has 0 bridgehead atoms. The van der Waals surface area contributed by atoms with Crippen molar-refractivity contribution in [1.82, 2.24) is 10.3 Å². The van der Waals surface area contributed by atoms with Crippen LogP contribution in [0.1, 0.15) is 35.2 Å². The maximum atomic E-state index is 14.4. The molecule has 4 nitrogen and oxygen atoms in total. The summed E-state index contributed by atoms with van der Waals surface area (Å²) in [5.74, 6) is 4.78. The van der Waals surface area contributed by atoms with Gasteiger partial charge in [0.25, 0.3) is 0 Å². The number of carbonyl (C=O) groups excluding carboxylic acids is 1. The van der Waals surface area contributed by atoms with Crippen LogP contribution in [0, 0.1) is 23.5 Å². The van der Waals surface area contributed by atoms with Crippen molar-refractivity contribution < 1.29 is 18.3 Å². The van der Waals surface area contributed by atoms with Crippen molar-refractivity contribution in [2.75, 3.05) is 0 Å². The smallest absolute Gasteiger partial charge is 0.408 e. The summed E-state index contributed by atoms with van der Waals surface area (Å²) in [4.78, 5) is 16.2. The Kier molecular flexibility index (Phi) is 4.73. The second-order valence-corrected chi connectivity index (χ2v) is 6.82. The molecule has 2 aromatic carbocycles. The number of nitrogens with one attached hydrogen (secondary N) is 1. The van der Waals surface area contributed by atoms with Crippen LogP contribution in [-0.2, 0) is 10.3 Å². The Morgan fingerprint density at radius 1 is 1.03 bits per heavy atom. The van der Waals surface area contributed by atoms with E-state index in [0.29, 0.717) is 11.1 Å². The average molecular weight is 390 g/mol. The van der Waals surface area contributed by atoms with Crippen molar-refractivity contribution in [2.45, 2.75) is 18.6 Å². The van der Waals surface area contributed by atoms with E-state index in [1.165, 1.54) is 6.92 Å².